The first-order valence-corrected chi connectivity index (χ1v) is 27.0. The van der Waals surface area contributed by atoms with Crippen molar-refractivity contribution in [2.75, 3.05) is 0 Å². The second kappa shape index (κ2) is 22.9. The molecule has 4 aliphatic heterocycles. The van der Waals surface area contributed by atoms with Gasteiger partial charge in [0.15, 0.2) is 22.8 Å². The molecule has 424 valence electrons. The number of carbonyl (C=O) groups excluding carboxylic acids is 1. The molecular weight excluding hydrogens is 1160 g/mol. The summed E-state index contributed by atoms with van der Waals surface area (Å²) in [6.07, 6.45) is 4.39. The molecule has 0 fully saturated rings. The van der Waals surface area contributed by atoms with Gasteiger partial charge in [-0.1, -0.05) is 93.1 Å². The Kier molecular flexibility index (Phi) is 16.8. The van der Waals surface area contributed by atoms with Crippen LogP contribution in [0.25, 0.3) is 11.0 Å². The Labute approximate surface area is 497 Å². The minimum absolute atomic E-state index is 0. The molecule has 4 aromatic carbocycles. The zero-order valence-electron chi connectivity index (χ0n) is 44.9. The summed E-state index contributed by atoms with van der Waals surface area (Å²) in [5.74, 6) is -2.58. The monoisotopic (exact) mass is 1210 g/mol. The van der Waals surface area contributed by atoms with Gasteiger partial charge in [0.2, 0.25) is 0 Å². The topological polar surface area (TPSA) is 203 Å². The van der Waals surface area contributed by atoms with Crippen LogP contribution < -0.4 is 22.0 Å². The normalized spacial score (nSPS) is 19.0. The summed E-state index contributed by atoms with van der Waals surface area (Å²) in [5.41, 5.74) is 14.2. The number of hydrogen-bond acceptors (Lipinski definition) is 11. The predicted molar refractivity (Wildman–Crippen MR) is 316 cm³/mol. The molecule has 8 aromatic rings. The highest BCUT2D eigenvalue weighted by atomic mass is 35.5. The summed E-state index contributed by atoms with van der Waals surface area (Å²) in [6, 6.07) is 31.5. The van der Waals surface area contributed by atoms with Crippen LogP contribution in [0.3, 0.4) is 0 Å². The highest BCUT2D eigenvalue weighted by Crippen LogP contribution is 2.42. The van der Waals surface area contributed by atoms with Crippen LogP contribution in [0.15, 0.2) is 132 Å². The van der Waals surface area contributed by atoms with Crippen molar-refractivity contribution in [2.24, 2.45) is 16.0 Å². The standard InChI is InChI=1S/C29H25BCl2FN3O4.C19H13Cl2FN2O3.C10H14BNO2.ClH/c1-28(2)19-11-16(6-8-20(19)30(38)39-28)15-34-27(37)18-7-9-25(36-10-4-5-24(18)36)23-14-29(3,40-35-23)17-12-21(31)26(33)22(32)13-17;1-19(10-7-12(20)17(22)13(21)8-10)9-14(23-27-19)16-5-4-11(18(25)26)15-3-2-6-24(15)16;1-10(2)8-5-7(6-12)3-4-9(8)11(13)14-10;/h4-13,38H,14-15H2,1-3H3,(H,34,37);2-8H,9H2,1H3,(H,25,26);3-5,13H,6,12H2,1-2H3;1H. The highest BCUT2D eigenvalue weighted by Gasteiger charge is 2.43. The van der Waals surface area contributed by atoms with E-state index in [0.717, 1.165) is 38.9 Å². The van der Waals surface area contributed by atoms with Crippen LogP contribution in [0.5, 0.6) is 0 Å². The first-order chi connectivity index (χ1) is 38.3. The van der Waals surface area contributed by atoms with Crippen LogP contribution >= 0.6 is 58.8 Å². The number of nitrogens with two attached hydrogens (primary N) is 1. The van der Waals surface area contributed by atoms with Crippen LogP contribution in [0, 0.1) is 11.6 Å². The van der Waals surface area contributed by atoms with Crippen molar-refractivity contribution in [2.45, 2.75) is 89.9 Å². The molecule has 82 heavy (non-hydrogen) atoms. The lowest BCUT2D eigenvalue weighted by Gasteiger charge is -2.22. The number of carboxylic acids is 1. The van der Waals surface area contributed by atoms with E-state index in [9.17, 15) is 33.5 Å². The van der Waals surface area contributed by atoms with Crippen molar-refractivity contribution < 1.29 is 52.5 Å². The van der Waals surface area contributed by atoms with E-state index in [1.165, 1.54) is 30.3 Å². The van der Waals surface area contributed by atoms with Crippen molar-refractivity contribution in [1.29, 1.82) is 0 Å². The van der Waals surface area contributed by atoms with E-state index in [1.54, 1.807) is 34.9 Å². The fraction of sp³-hybridized carbons (Fsp3) is 0.241. The average Bonchev–Trinajstić information content (AvgIpc) is 4.32. The lowest BCUT2D eigenvalue weighted by atomic mass is 9.78. The maximum Gasteiger partial charge on any atom is 0.492 e. The number of carboxylic acid groups (broad SMARTS) is 1. The largest absolute Gasteiger partial charge is 0.492 e. The Morgan fingerprint density at radius 3 is 1.49 bits per heavy atom. The SMILES string of the molecule is CC1(C)OB(O)c2ccc(CN)cc21.CC1(C)OB(O)c2ccc(CNC(=O)c3ccc(C4=NOC(C)(c5cc(Cl)c(F)c(Cl)c5)C4)n4cccc34)cc21.CC1(c2cc(Cl)c(F)c(Cl)c2)CC(c2ccc(C(=O)O)c3cccn23)=NO1.Cl. The molecule has 0 radical (unpaired) electrons. The van der Waals surface area contributed by atoms with Crippen molar-refractivity contribution >= 4 is 118 Å². The number of oxime groups is 2. The summed E-state index contributed by atoms with van der Waals surface area (Å²) < 4.78 is 42.4. The minimum atomic E-state index is -1.00. The zero-order valence-corrected chi connectivity index (χ0v) is 48.7. The summed E-state index contributed by atoms with van der Waals surface area (Å²) in [7, 11) is -1.75. The summed E-state index contributed by atoms with van der Waals surface area (Å²) >= 11 is 23.9. The summed E-state index contributed by atoms with van der Waals surface area (Å²) in [5, 5.41) is 40.3. The van der Waals surface area contributed by atoms with E-state index >= 15 is 0 Å². The fourth-order valence-corrected chi connectivity index (χ4v) is 11.5. The molecule has 4 aliphatic rings. The molecule has 6 N–H and O–H groups in total. The zero-order chi connectivity index (χ0) is 58.1. The van der Waals surface area contributed by atoms with Crippen molar-refractivity contribution in [3.8, 4) is 0 Å². The molecule has 24 heteroatoms. The van der Waals surface area contributed by atoms with Gasteiger partial charge >= 0.3 is 20.2 Å². The Balaban J connectivity index is 0.000000165. The van der Waals surface area contributed by atoms with Crippen LogP contribution in [-0.2, 0) is 54.5 Å². The predicted octanol–water partition coefficient (Wildman–Crippen LogP) is 11.0. The van der Waals surface area contributed by atoms with E-state index in [0.29, 0.717) is 70.8 Å². The number of rotatable bonds is 9. The maximum atomic E-state index is 14.0. The third-order valence-corrected chi connectivity index (χ3v) is 16.0. The van der Waals surface area contributed by atoms with E-state index in [1.807, 2.05) is 107 Å². The van der Waals surface area contributed by atoms with Gasteiger partial charge in [-0.15, -0.1) is 12.4 Å². The average molecular weight is 1210 g/mol. The van der Waals surface area contributed by atoms with Gasteiger partial charge in [0, 0.05) is 49.5 Å². The molecule has 0 aliphatic carbocycles. The number of amides is 1. The summed E-state index contributed by atoms with van der Waals surface area (Å²) in [6.45, 7) is 12.2. The summed E-state index contributed by atoms with van der Waals surface area (Å²) in [4.78, 5) is 36.1. The van der Waals surface area contributed by atoms with Crippen LogP contribution in [0.4, 0.5) is 8.78 Å². The second-order valence-electron chi connectivity index (χ2n) is 21.4. The van der Waals surface area contributed by atoms with Gasteiger partial charge in [0.25, 0.3) is 5.91 Å². The third-order valence-electron chi connectivity index (χ3n) is 14.9. The molecule has 0 saturated heterocycles. The van der Waals surface area contributed by atoms with Gasteiger partial charge in [-0.05, 0) is 148 Å². The Bertz CT molecular complexity index is 3890. The molecular formula is C58H53B2Cl5F2N6O9. The number of carbonyl (C=O) groups is 2. The number of pyridine rings is 2. The first-order valence-electron chi connectivity index (χ1n) is 25.5. The maximum absolute atomic E-state index is 14.0. The number of aromatic nitrogens is 2. The number of hydrogen-bond donors (Lipinski definition) is 5. The highest BCUT2D eigenvalue weighted by molar-refractivity contribution is 6.62. The van der Waals surface area contributed by atoms with E-state index in [4.69, 9.17) is 71.1 Å². The van der Waals surface area contributed by atoms with Crippen molar-refractivity contribution in [3.63, 3.8) is 0 Å². The van der Waals surface area contributed by atoms with Crippen LogP contribution in [0.1, 0.15) is 120 Å². The second-order valence-corrected chi connectivity index (χ2v) is 23.0. The molecule has 0 bridgehead atoms. The molecule has 2 atom stereocenters. The molecule has 0 saturated carbocycles. The number of benzene rings is 4. The Hall–Kier alpha value is -6.48. The van der Waals surface area contributed by atoms with Gasteiger partial charge in [0.05, 0.1) is 64.8 Å². The molecule has 4 aromatic heterocycles. The molecule has 2 unspecified atom stereocenters. The van der Waals surface area contributed by atoms with Gasteiger partial charge in [-0.2, -0.15) is 0 Å². The van der Waals surface area contributed by atoms with E-state index in [2.05, 4.69) is 15.6 Å². The lowest BCUT2D eigenvalue weighted by molar-refractivity contribution is -0.00760. The van der Waals surface area contributed by atoms with Gasteiger partial charge in [-0.25, -0.2) is 13.6 Å². The van der Waals surface area contributed by atoms with Crippen molar-refractivity contribution in [3.05, 3.63) is 209 Å². The van der Waals surface area contributed by atoms with E-state index < -0.39 is 54.2 Å². The Morgan fingerprint density at radius 2 is 1.05 bits per heavy atom. The minimum Gasteiger partial charge on any atom is -0.478 e. The molecule has 15 nitrogen and oxygen atoms in total. The molecule has 8 heterocycles. The number of halogens is 7. The molecule has 1 amide bonds. The molecule has 12 rings (SSSR count). The number of nitrogens with one attached hydrogen (secondary N) is 1. The smallest absolute Gasteiger partial charge is 0.478 e. The van der Waals surface area contributed by atoms with E-state index in [-0.39, 0.29) is 44.0 Å². The first kappa shape index (κ1) is 60.1. The number of nitrogens with zero attached hydrogens (tertiary/aromatic N) is 4. The third kappa shape index (κ3) is 11.4. The lowest BCUT2D eigenvalue weighted by Crippen LogP contribution is -2.29. The Morgan fingerprint density at radius 1 is 0.634 bits per heavy atom. The fourth-order valence-electron chi connectivity index (χ4n) is 10.5. The van der Waals surface area contributed by atoms with Crippen molar-refractivity contribution in [1.82, 2.24) is 14.1 Å². The quantitative estimate of drug-likeness (QED) is 0.0683. The van der Waals surface area contributed by atoms with Crippen LogP contribution in [0.2, 0.25) is 20.1 Å². The van der Waals surface area contributed by atoms with Gasteiger partial charge < -0.3 is 54.0 Å². The van der Waals surface area contributed by atoms with Gasteiger partial charge in [-0.3, -0.25) is 4.79 Å². The number of aromatic carboxylic acids is 1. The number of fused-ring (bicyclic) bond motifs is 4. The molecule has 0 spiro atoms. The van der Waals surface area contributed by atoms with Gasteiger partial charge in [0.1, 0.15) is 11.4 Å². The van der Waals surface area contributed by atoms with Crippen LogP contribution in [-0.4, -0.2) is 61.5 Å².